The second-order valence-corrected chi connectivity index (χ2v) is 6.09. The van der Waals surface area contributed by atoms with Crippen LogP contribution < -0.4 is 5.32 Å². The number of hydrogen-bond acceptors (Lipinski definition) is 5. The predicted molar refractivity (Wildman–Crippen MR) is 86.5 cm³/mol. The predicted octanol–water partition coefficient (Wildman–Crippen LogP) is 3.00. The van der Waals surface area contributed by atoms with E-state index in [1.54, 1.807) is 18.5 Å². The largest absolute Gasteiger partial charge is 0.464 e. The Kier molecular flexibility index (Phi) is 4.68. The van der Waals surface area contributed by atoms with Gasteiger partial charge in [0.15, 0.2) is 0 Å². The highest BCUT2D eigenvalue weighted by molar-refractivity contribution is 9.10. The van der Waals surface area contributed by atoms with E-state index >= 15 is 0 Å². The number of carbonyl (C=O) groups excluding carboxylic acids is 1. The van der Waals surface area contributed by atoms with Crippen LogP contribution in [-0.4, -0.2) is 29.1 Å². The fourth-order valence-electron chi connectivity index (χ4n) is 2.37. The lowest BCUT2D eigenvalue weighted by Crippen LogP contribution is -2.16. The van der Waals surface area contributed by atoms with Crippen LogP contribution >= 0.6 is 15.9 Å². The molecule has 1 heterocycles. The maximum absolute atomic E-state index is 12.0. The number of nitrogens with one attached hydrogen (secondary N) is 1. The topological polar surface area (TPSA) is 64.1 Å². The molecule has 1 aliphatic carbocycles. The van der Waals surface area contributed by atoms with Crippen LogP contribution in [0.3, 0.4) is 0 Å². The van der Waals surface area contributed by atoms with Crippen LogP contribution in [-0.2, 0) is 9.53 Å². The molecule has 0 spiro atoms. The first kappa shape index (κ1) is 15.0. The van der Waals surface area contributed by atoms with Crippen molar-refractivity contribution in [2.45, 2.75) is 12.3 Å². The number of nitrogens with zero attached hydrogens (tertiary/aromatic N) is 2. The van der Waals surface area contributed by atoms with E-state index in [4.69, 9.17) is 4.74 Å². The van der Waals surface area contributed by atoms with Gasteiger partial charge in [-0.1, -0.05) is 28.1 Å². The van der Waals surface area contributed by atoms with Gasteiger partial charge in [0.25, 0.3) is 0 Å². The fraction of sp³-hybridized carbons (Fsp3) is 0.312. The number of ether oxygens (including phenoxy) is 1. The van der Waals surface area contributed by atoms with Gasteiger partial charge in [0.05, 0.1) is 12.5 Å². The van der Waals surface area contributed by atoms with Gasteiger partial charge in [-0.2, -0.15) is 0 Å². The van der Waals surface area contributed by atoms with Crippen molar-refractivity contribution in [3.63, 3.8) is 0 Å². The van der Waals surface area contributed by atoms with Crippen molar-refractivity contribution in [3.8, 4) is 0 Å². The molecule has 5 nitrogen and oxygen atoms in total. The Bertz CT molecular complexity index is 651. The lowest BCUT2D eigenvalue weighted by molar-refractivity contribution is -0.144. The highest BCUT2D eigenvalue weighted by Crippen LogP contribution is 2.48. The molecule has 0 unspecified atom stereocenters. The number of benzene rings is 1. The molecule has 1 fully saturated rings. The van der Waals surface area contributed by atoms with Crippen molar-refractivity contribution in [1.29, 1.82) is 0 Å². The highest BCUT2D eigenvalue weighted by atomic mass is 79.9. The summed E-state index contributed by atoms with van der Waals surface area (Å²) in [6.07, 6.45) is 4.19. The van der Waals surface area contributed by atoms with E-state index in [9.17, 15) is 4.79 Å². The van der Waals surface area contributed by atoms with Gasteiger partial charge in [-0.15, -0.1) is 0 Å². The van der Waals surface area contributed by atoms with Crippen LogP contribution in [0.1, 0.15) is 17.9 Å². The summed E-state index contributed by atoms with van der Waals surface area (Å²) >= 11 is 3.45. The Balaban J connectivity index is 1.40. The molecule has 114 valence electrons. The number of rotatable bonds is 6. The average Bonchev–Trinajstić information content (AvgIpc) is 3.33. The summed E-state index contributed by atoms with van der Waals surface area (Å²) < 4.78 is 6.34. The summed E-state index contributed by atoms with van der Waals surface area (Å²) in [6, 6.07) is 9.84. The van der Waals surface area contributed by atoms with E-state index in [0.29, 0.717) is 19.1 Å². The smallest absolute Gasteiger partial charge is 0.309 e. The monoisotopic (exact) mass is 361 g/mol. The molecule has 1 N–H and O–H groups in total. The van der Waals surface area contributed by atoms with Crippen molar-refractivity contribution >= 4 is 27.8 Å². The van der Waals surface area contributed by atoms with Crippen LogP contribution in [0.4, 0.5) is 5.95 Å². The Labute approximate surface area is 137 Å². The van der Waals surface area contributed by atoms with Gasteiger partial charge in [-0.3, -0.25) is 4.79 Å². The molecule has 0 bridgehead atoms. The molecule has 0 amide bonds. The van der Waals surface area contributed by atoms with Crippen molar-refractivity contribution in [2.75, 3.05) is 18.5 Å². The Morgan fingerprint density at radius 3 is 2.91 bits per heavy atom. The van der Waals surface area contributed by atoms with Gasteiger partial charge in [0.1, 0.15) is 6.61 Å². The van der Waals surface area contributed by atoms with E-state index in [1.165, 1.54) is 5.56 Å². The van der Waals surface area contributed by atoms with E-state index in [-0.39, 0.29) is 17.8 Å². The quantitative estimate of drug-likeness (QED) is 0.632. The SMILES string of the molecule is O=C(OCCNc1ncccn1)[C@H]1C[C@@H]1c1cccc(Br)c1. The molecule has 2 atom stereocenters. The van der Waals surface area contributed by atoms with Gasteiger partial charge in [-0.25, -0.2) is 9.97 Å². The van der Waals surface area contributed by atoms with Crippen LogP contribution in [0.5, 0.6) is 0 Å². The second kappa shape index (κ2) is 6.87. The zero-order valence-corrected chi connectivity index (χ0v) is 13.5. The molecule has 2 aromatic rings. The summed E-state index contributed by atoms with van der Waals surface area (Å²) in [5.41, 5.74) is 1.19. The number of anilines is 1. The lowest BCUT2D eigenvalue weighted by atomic mass is 10.1. The third-order valence-corrected chi connectivity index (χ3v) is 4.06. The summed E-state index contributed by atoms with van der Waals surface area (Å²) in [5.74, 6) is 0.690. The molecule has 1 aliphatic rings. The number of esters is 1. The van der Waals surface area contributed by atoms with Gasteiger partial charge < -0.3 is 10.1 Å². The molecule has 1 saturated carbocycles. The summed E-state index contributed by atoms with van der Waals surface area (Å²) in [5, 5.41) is 3.00. The van der Waals surface area contributed by atoms with E-state index in [2.05, 4.69) is 43.3 Å². The molecular weight excluding hydrogens is 346 g/mol. The number of aromatic nitrogens is 2. The highest BCUT2D eigenvalue weighted by Gasteiger charge is 2.45. The minimum absolute atomic E-state index is 0.0118. The molecule has 1 aromatic heterocycles. The van der Waals surface area contributed by atoms with Crippen molar-refractivity contribution in [2.24, 2.45) is 5.92 Å². The molecule has 6 heteroatoms. The van der Waals surface area contributed by atoms with E-state index < -0.39 is 0 Å². The van der Waals surface area contributed by atoms with E-state index in [0.717, 1.165) is 10.9 Å². The van der Waals surface area contributed by atoms with Crippen molar-refractivity contribution in [3.05, 3.63) is 52.8 Å². The first-order valence-electron chi connectivity index (χ1n) is 7.17. The Morgan fingerprint density at radius 1 is 1.32 bits per heavy atom. The molecule has 3 rings (SSSR count). The van der Waals surface area contributed by atoms with Crippen LogP contribution in [0.25, 0.3) is 0 Å². The standard InChI is InChI=1S/C16H16BrN3O2/c17-12-4-1-3-11(9-12)13-10-14(13)15(21)22-8-7-20-16-18-5-2-6-19-16/h1-6,9,13-14H,7-8,10H2,(H,18,19,20)/t13-,14+/m1/s1. The van der Waals surface area contributed by atoms with Gasteiger partial charge in [0, 0.05) is 16.9 Å². The van der Waals surface area contributed by atoms with Gasteiger partial charge >= 0.3 is 5.97 Å². The van der Waals surface area contributed by atoms with Gasteiger partial charge in [0.2, 0.25) is 5.95 Å². The maximum atomic E-state index is 12.0. The molecule has 0 aliphatic heterocycles. The summed E-state index contributed by atoms with van der Waals surface area (Å²) in [6.45, 7) is 0.822. The Hall–Kier alpha value is -1.95. The first-order valence-corrected chi connectivity index (χ1v) is 7.96. The van der Waals surface area contributed by atoms with Crippen LogP contribution in [0, 0.1) is 5.92 Å². The third kappa shape index (κ3) is 3.82. The number of hydrogen-bond donors (Lipinski definition) is 1. The molecular formula is C16H16BrN3O2. The minimum atomic E-state index is -0.124. The average molecular weight is 362 g/mol. The normalized spacial score (nSPS) is 19.5. The Morgan fingerprint density at radius 2 is 2.14 bits per heavy atom. The summed E-state index contributed by atoms with van der Waals surface area (Å²) in [4.78, 5) is 20.1. The molecule has 22 heavy (non-hydrogen) atoms. The molecule has 0 saturated heterocycles. The van der Waals surface area contributed by atoms with E-state index in [1.807, 2.05) is 12.1 Å². The number of halogens is 1. The zero-order chi connectivity index (χ0) is 15.4. The summed E-state index contributed by atoms with van der Waals surface area (Å²) in [7, 11) is 0. The zero-order valence-electron chi connectivity index (χ0n) is 11.9. The third-order valence-electron chi connectivity index (χ3n) is 3.57. The van der Waals surface area contributed by atoms with Crippen LogP contribution in [0.15, 0.2) is 47.2 Å². The molecule has 0 radical (unpaired) electrons. The minimum Gasteiger partial charge on any atom is -0.464 e. The van der Waals surface area contributed by atoms with Crippen molar-refractivity contribution < 1.29 is 9.53 Å². The molecule has 1 aromatic carbocycles. The number of carbonyl (C=O) groups is 1. The lowest BCUT2D eigenvalue weighted by Gasteiger charge is -2.06. The van der Waals surface area contributed by atoms with Gasteiger partial charge in [-0.05, 0) is 36.1 Å². The fourth-order valence-corrected chi connectivity index (χ4v) is 2.79. The first-order chi connectivity index (χ1) is 10.7. The maximum Gasteiger partial charge on any atom is 0.309 e. The second-order valence-electron chi connectivity index (χ2n) is 5.17. The van der Waals surface area contributed by atoms with Crippen LogP contribution in [0.2, 0.25) is 0 Å². The van der Waals surface area contributed by atoms with Crippen molar-refractivity contribution in [1.82, 2.24) is 9.97 Å².